The molecule has 8 heteroatoms. The fourth-order valence-electron chi connectivity index (χ4n) is 2.87. The van der Waals surface area contributed by atoms with Gasteiger partial charge in [-0.25, -0.2) is 4.39 Å². The third-order valence-corrected chi connectivity index (χ3v) is 4.29. The number of carbonyl (C=O) groups is 2. The van der Waals surface area contributed by atoms with E-state index in [1.807, 2.05) is 6.92 Å². The predicted octanol–water partition coefficient (Wildman–Crippen LogP) is 2.54. The normalized spacial score (nSPS) is 10.6. The summed E-state index contributed by atoms with van der Waals surface area (Å²) in [6.45, 7) is 5.51. The number of hydrogen-bond acceptors (Lipinski definition) is 5. The monoisotopic (exact) mass is 386 g/mol. The molecule has 1 N–H and O–H groups in total. The number of nitriles is 1. The van der Waals surface area contributed by atoms with Gasteiger partial charge in [0.15, 0.2) is 0 Å². The molecule has 28 heavy (non-hydrogen) atoms. The Hall–Kier alpha value is -3.18. The average Bonchev–Trinajstić information content (AvgIpc) is 2.85. The molecule has 1 amide bonds. The summed E-state index contributed by atoms with van der Waals surface area (Å²) in [4.78, 5) is 25.6. The van der Waals surface area contributed by atoms with Crippen molar-refractivity contribution in [1.82, 2.24) is 9.47 Å². The Morgan fingerprint density at radius 1 is 1.25 bits per heavy atom. The molecule has 1 aromatic heterocycles. The molecule has 0 saturated carbocycles. The summed E-state index contributed by atoms with van der Waals surface area (Å²) in [5, 5.41) is 12.3. The van der Waals surface area contributed by atoms with Gasteiger partial charge in [0.25, 0.3) is 0 Å². The lowest BCUT2D eigenvalue weighted by molar-refractivity contribution is -0.144. The zero-order valence-corrected chi connectivity index (χ0v) is 16.4. The molecule has 2 rings (SSSR count). The van der Waals surface area contributed by atoms with Gasteiger partial charge >= 0.3 is 5.97 Å². The van der Waals surface area contributed by atoms with Crippen LogP contribution in [0.2, 0.25) is 0 Å². The second-order valence-electron chi connectivity index (χ2n) is 6.38. The average molecular weight is 386 g/mol. The summed E-state index contributed by atoms with van der Waals surface area (Å²) in [5.74, 6) is -0.864. The summed E-state index contributed by atoms with van der Waals surface area (Å²) in [6.07, 6.45) is 0. The lowest BCUT2D eigenvalue weighted by atomic mass is 10.2. The van der Waals surface area contributed by atoms with E-state index in [1.165, 1.54) is 17.0 Å². The van der Waals surface area contributed by atoms with E-state index in [-0.39, 0.29) is 31.4 Å². The van der Waals surface area contributed by atoms with Gasteiger partial charge in [0.05, 0.1) is 25.3 Å². The molecule has 148 valence electrons. The molecule has 0 aliphatic rings. The minimum Gasteiger partial charge on any atom is -0.465 e. The second kappa shape index (κ2) is 9.15. The molecule has 0 atom stereocenters. The zero-order chi connectivity index (χ0) is 20.8. The van der Waals surface area contributed by atoms with Gasteiger partial charge in [-0.15, -0.1) is 0 Å². The third kappa shape index (κ3) is 4.75. The number of likely N-dealkylation sites (N-methyl/N-ethyl adjacent to an activating group) is 1. The van der Waals surface area contributed by atoms with Crippen molar-refractivity contribution in [3.8, 4) is 11.8 Å². The molecule has 0 unspecified atom stereocenters. The topological polar surface area (TPSA) is 87.4 Å². The van der Waals surface area contributed by atoms with Crippen LogP contribution in [-0.2, 0) is 14.3 Å². The second-order valence-corrected chi connectivity index (χ2v) is 6.38. The van der Waals surface area contributed by atoms with Crippen LogP contribution in [0.4, 0.5) is 10.2 Å². The van der Waals surface area contributed by atoms with Crippen molar-refractivity contribution in [1.29, 1.82) is 5.26 Å². The molecule has 0 aliphatic heterocycles. The van der Waals surface area contributed by atoms with Crippen LogP contribution in [0.1, 0.15) is 23.7 Å². The van der Waals surface area contributed by atoms with E-state index in [2.05, 4.69) is 11.4 Å². The van der Waals surface area contributed by atoms with Gasteiger partial charge in [0.2, 0.25) is 5.91 Å². The number of hydrogen-bond donors (Lipinski definition) is 1. The summed E-state index contributed by atoms with van der Waals surface area (Å²) in [5.41, 5.74) is 2.45. The summed E-state index contributed by atoms with van der Waals surface area (Å²) in [7, 11) is 1.62. The molecule has 0 aliphatic carbocycles. The number of benzene rings is 1. The van der Waals surface area contributed by atoms with Crippen LogP contribution in [0.15, 0.2) is 24.3 Å². The largest absolute Gasteiger partial charge is 0.465 e. The van der Waals surface area contributed by atoms with Crippen LogP contribution in [-0.4, -0.2) is 48.1 Å². The van der Waals surface area contributed by atoms with Gasteiger partial charge in [0.1, 0.15) is 17.7 Å². The van der Waals surface area contributed by atoms with E-state index in [0.29, 0.717) is 17.1 Å². The number of esters is 1. The van der Waals surface area contributed by atoms with Crippen molar-refractivity contribution in [2.45, 2.75) is 20.8 Å². The van der Waals surface area contributed by atoms with Gasteiger partial charge in [0, 0.05) is 11.4 Å². The fraction of sp³-hybridized carbons (Fsp3) is 0.350. The molecule has 7 nitrogen and oxygen atoms in total. The van der Waals surface area contributed by atoms with E-state index >= 15 is 0 Å². The first-order valence-corrected chi connectivity index (χ1v) is 8.80. The molecule has 1 aromatic carbocycles. The van der Waals surface area contributed by atoms with Crippen molar-refractivity contribution >= 4 is 17.7 Å². The van der Waals surface area contributed by atoms with Crippen molar-refractivity contribution in [3.05, 3.63) is 46.9 Å². The van der Waals surface area contributed by atoms with Crippen LogP contribution in [0.25, 0.3) is 5.69 Å². The van der Waals surface area contributed by atoms with Crippen LogP contribution in [0.3, 0.4) is 0 Å². The van der Waals surface area contributed by atoms with Gasteiger partial charge in [-0.3, -0.25) is 19.1 Å². The lowest BCUT2D eigenvalue weighted by Gasteiger charge is -2.17. The fourth-order valence-corrected chi connectivity index (χ4v) is 2.87. The van der Waals surface area contributed by atoms with E-state index in [0.717, 1.165) is 11.3 Å². The number of aromatic nitrogens is 1. The maximum atomic E-state index is 13.3. The lowest BCUT2D eigenvalue weighted by Crippen LogP contribution is -2.35. The van der Waals surface area contributed by atoms with Crippen LogP contribution in [0.5, 0.6) is 0 Å². The number of ether oxygens (including phenoxy) is 1. The molecule has 1 heterocycles. The molecule has 0 spiro atoms. The molecule has 0 radical (unpaired) electrons. The summed E-state index contributed by atoms with van der Waals surface area (Å²) < 4.78 is 19.9. The molecular weight excluding hydrogens is 363 g/mol. The number of amides is 1. The van der Waals surface area contributed by atoms with Crippen LogP contribution < -0.4 is 5.32 Å². The highest BCUT2D eigenvalue weighted by Crippen LogP contribution is 2.30. The van der Waals surface area contributed by atoms with Crippen LogP contribution >= 0.6 is 0 Å². The molecule has 0 bridgehead atoms. The van der Waals surface area contributed by atoms with Crippen molar-refractivity contribution in [3.63, 3.8) is 0 Å². The van der Waals surface area contributed by atoms with Crippen molar-refractivity contribution in [2.24, 2.45) is 0 Å². The Morgan fingerprint density at radius 3 is 2.46 bits per heavy atom. The standard InChI is InChI=1S/C20H23FN4O3/c1-5-28-19(27)12-24(4)11-18(26)23-20-17(10-22)13(2)14(3)25(20)16-8-6-15(21)7-9-16/h6-9H,5,11-12H2,1-4H3,(H,23,26). The summed E-state index contributed by atoms with van der Waals surface area (Å²) >= 11 is 0. The highest BCUT2D eigenvalue weighted by atomic mass is 19.1. The minimum atomic E-state index is -0.420. The quantitative estimate of drug-likeness (QED) is 0.739. The first-order valence-electron chi connectivity index (χ1n) is 8.80. The molecule has 0 saturated heterocycles. The van der Waals surface area contributed by atoms with E-state index in [9.17, 15) is 19.2 Å². The number of nitrogens with one attached hydrogen (secondary N) is 1. The van der Waals surface area contributed by atoms with Gasteiger partial charge in [-0.1, -0.05) is 0 Å². The van der Waals surface area contributed by atoms with Crippen LogP contribution in [0, 0.1) is 31.0 Å². The Labute approximate surface area is 163 Å². The van der Waals surface area contributed by atoms with Gasteiger partial charge in [-0.2, -0.15) is 5.26 Å². The zero-order valence-electron chi connectivity index (χ0n) is 16.4. The van der Waals surface area contributed by atoms with Crippen molar-refractivity contribution < 1.29 is 18.7 Å². The SMILES string of the molecule is CCOC(=O)CN(C)CC(=O)Nc1c(C#N)c(C)c(C)n1-c1ccc(F)cc1. The number of rotatable bonds is 7. The molecular formula is C20H23FN4O3. The van der Waals surface area contributed by atoms with E-state index in [1.54, 1.807) is 37.6 Å². The van der Waals surface area contributed by atoms with E-state index in [4.69, 9.17) is 4.74 Å². The maximum absolute atomic E-state index is 13.3. The Bertz CT molecular complexity index is 913. The maximum Gasteiger partial charge on any atom is 0.320 e. The highest BCUT2D eigenvalue weighted by Gasteiger charge is 2.21. The Kier molecular flexibility index (Phi) is 6.90. The number of nitrogens with zero attached hydrogens (tertiary/aromatic N) is 3. The minimum absolute atomic E-state index is 0.0244. The molecule has 0 fully saturated rings. The summed E-state index contributed by atoms with van der Waals surface area (Å²) in [6, 6.07) is 7.89. The first-order chi connectivity index (χ1) is 13.3. The highest BCUT2D eigenvalue weighted by molar-refractivity contribution is 5.94. The predicted molar refractivity (Wildman–Crippen MR) is 103 cm³/mol. The molecule has 2 aromatic rings. The number of anilines is 1. The number of halogens is 1. The Morgan fingerprint density at radius 2 is 1.89 bits per heavy atom. The van der Waals surface area contributed by atoms with Crippen molar-refractivity contribution in [2.75, 3.05) is 32.1 Å². The first kappa shape index (κ1) is 21.1. The number of carbonyl (C=O) groups excluding carboxylic acids is 2. The van der Waals surface area contributed by atoms with E-state index < -0.39 is 5.97 Å². The van der Waals surface area contributed by atoms with Gasteiger partial charge in [-0.05, 0) is 57.6 Å². The smallest absolute Gasteiger partial charge is 0.320 e. The van der Waals surface area contributed by atoms with Gasteiger partial charge < -0.3 is 10.1 Å². The Balaban J connectivity index is 2.28. The third-order valence-electron chi connectivity index (χ3n) is 4.29.